The van der Waals surface area contributed by atoms with Crippen LogP contribution >= 0.6 is 15.9 Å². The molecule has 2 aromatic heterocycles. The molecule has 0 aliphatic carbocycles. The van der Waals surface area contributed by atoms with E-state index in [9.17, 15) is 4.79 Å². The summed E-state index contributed by atoms with van der Waals surface area (Å²) < 4.78 is 6.53. The number of aromatic nitrogens is 3. The molecule has 0 saturated carbocycles. The van der Waals surface area contributed by atoms with Gasteiger partial charge in [-0.3, -0.25) is 9.89 Å². The lowest BCUT2D eigenvalue weighted by molar-refractivity contribution is 0.0924. The van der Waals surface area contributed by atoms with E-state index < -0.39 is 0 Å². The number of carbonyl (C=O) groups excluding carboxylic acids is 1. The molecule has 0 unspecified atom stereocenters. The van der Waals surface area contributed by atoms with E-state index in [0.29, 0.717) is 17.2 Å². The molecule has 0 fully saturated rings. The average molecular weight is 397 g/mol. The molecule has 2 aromatic carbocycles. The summed E-state index contributed by atoms with van der Waals surface area (Å²) in [4.78, 5) is 16.6. The zero-order chi connectivity index (χ0) is 17.2. The van der Waals surface area contributed by atoms with Crippen molar-refractivity contribution in [3.05, 3.63) is 70.7 Å². The zero-order valence-electron chi connectivity index (χ0n) is 13.0. The summed E-state index contributed by atoms with van der Waals surface area (Å²) in [7, 11) is 0. The van der Waals surface area contributed by atoms with Crippen molar-refractivity contribution in [2.75, 3.05) is 0 Å². The number of amides is 1. The highest BCUT2D eigenvalue weighted by Crippen LogP contribution is 2.19. The van der Waals surface area contributed by atoms with Crippen LogP contribution in [0.4, 0.5) is 0 Å². The molecule has 4 rings (SSSR count). The van der Waals surface area contributed by atoms with E-state index >= 15 is 0 Å². The van der Waals surface area contributed by atoms with Gasteiger partial charge >= 0.3 is 0 Å². The summed E-state index contributed by atoms with van der Waals surface area (Å²) in [5.74, 6) is 1.13. The van der Waals surface area contributed by atoms with Crippen LogP contribution in [0, 0.1) is 0 Å². The van der Waals surface area contributed by atoms with Crippen LogP contribution in [0.3, 0.4) is 0 Å². The van der Waals surface area contributed by atoms with Crippen molar-refractivity contribution in [1.29, 1.82) is 0 Å². The maximum Gasteiger partial charge on any atom is 0.287 e. The molecule has 0 atom stereocenters. The highest BCUT2D eigenvalue weighted by atomic mass is 79.9. The van der Waals surface area contributed by atoms with Crippen LogP contribution < -0.4 is 5.32 Å². The molecular weight excluding hydrogens is 384 g/mol. The summed E-state index contributed by atoms with van der Waals surface area (Å²) in [6.07, 6.45) is 0. The lowest BCUT2D eigenvalue weighted by atomic mass is 10.2. The van der Waals surface area contributed by atoms with Gasteiger partial charge in [-0.1, -0.05) is 46.3 Å². The Labute approximate surface area is 151 Å². The molecule has 0 radical (unpaired) electrons. The van der Waals surface area contributed by atoms with Gasteiger partial charge in [-0.05, 0) is 24.3 Å². The number of benzene rings is 2. The number of carbonyl (C=O) groups is 1. The molecule has 0 saturated heterocycles. The number of nitrogens with one attached hydrogen (secondary N) is 2. The van der Waals surface area contributed by atoms with Gasteiger partial charge in [0.25, 0.3) is 5.91 Å². The molecule has 124 valence electrons. The van der Waals surface area contributed by atoms with Gasteiger partial charge in [0, 0.05) is 15.4 Å². The van der Waals surface area contributed by atoms with Crippen LogP contribution in [0.2, 0.25) is 0 Å². The third kappa shape index (κ3) is 3.32. The van der Waals surface area contributed by atoms with Crippen LogP contribution in [0.15, 0.2) is 63.5 Å². The lowest BCUT2D eigenvalue weighted by Crippen LogP contribution is -2.22. The molecule has 0 aliphatic rings. The fraction of sp³-hybridized carbons (Fsp3) is 0.0556. The Morgan fingerprint density at radius 3 is 2.76 bits per heavy atom. The van der Waals surface area contributed by atoms with E-state index in [0.717, 1.165) is 15.4 Å². The number of nitrogens with zero attached hydrogens (tertiary/aromatic N) is 2. The number of rotatable bonds is 4. The van der Waals surface area contributed by atoms with Crippen LogP contribution in [-0.2, 0) is 6.54 Å². The van der Waals surface area contributed by atoms with Crippen molar-refractivity contribution in [3.8, 4) is 11.4 Å². The number of furan rings is 1. The Morgan fingerprint density at radius 2 is 1.96 bits per heavy atom. The van der Waals surface area contributed by atoms with Gasteiger partial charge in [0.2, 0.25) is 0 Å². The van der Waals surface area contributed by atoms with Gasteiger partial charge < -0.3 is 9.73 Å². The van der Waals surface area contributed by atoms with Gasteiger partial charge in [-0.25, -0.2) is 4.98 Å². The Hall–Kier alpha value is -2.93. The number of halogens is 1. The number of para-hydroxylation sites is 1. The molecular formula is C18H13BrN4O2. The third-order valence-corrected chi connectivity index (χ3v) is 4.23. The first-order valence-corrected chi connectivity index (χ1v) is 8.42. The first-order valence-electron chi connectivity index (χ1n) is 7.63. The molecule has 2 heterocycles. The van der Waals surface area contributed by atoms with Gasteiger partial charge in [0.1, 0.15) is 11.4 Å². The molecule has 4 aromatic rings. The molecule has 0 spiro atoms. The van der Waals surface area contributed by atoms with E-state index in [1.54, 1.807) is 6.07 Å². The Balaban J connectivity index is 1.44. The lowest BCUT2D eigenvalue weighted by Gasteiger charge is -1.99. The topological polar surface area (TPSA) is 83.8 Å². The highest BCUT2D eigenvalue weighted by molar-refractivity contribution is 9.10. The molecule has 0 bridgehead atoms. The Kier molecular flexibility index (Phi) is 4.07. The molecule has 7 heteroatoms. The molecule has 2 N–H and O–H groups in total. The zero-order valence-corrected chi connectivity index (χ0v) is 14.6. The predicted octanol–water partition coefficient (Wildman–Crippen LogP) is 3.91. The smallest absolute Gasteiger partial charge is 0.287 e. The predicted molar refractivity (Wildman–Crippen MR) is 96.9 cm³/mol. The van der Waals surface area contributed by atoms with Crippen LogP contribution in [0.1, 0.15) is 16.4 Å². The number of aromatic amines is 1. The second-order valence-electron chi connectivity index (χ2n) is 5.44. The van der Waals surface area contributed by atoms with E-state index in [-0.39, 0.29) is 18.2 Å². The van der Waals surface area contributed by atoms with Crippen molar-refractivity contribution in [3.63, 3.8) is 0 Å². The Morgan fingerprint density at radius 1 is 1.16 bits per heavy atom. The fourth-order valence-corrected chi connectivity index (χ4v) is 2.71. The second kappa shape index (κ2) is 6.52. The number of hydrogen-bond donors (Lipinski definition) is 2. The maximum absolute atomic E-state index is 12.2. The second-order valence-corrected chi connectivity index (χ2v) is 6.36. The van der Waals surface area contributed by atoms with Crippen molar-refractivity contribution in [1.82, 2.24) is 20.5 Å². The molecule has 1 amide bonds. The van der Waals surface area contributed by atoms with Gasteiger partial charge in [0.15, 0.2) is 11.6 Å². The average Bonchev–Trinajstić information content (AvgIpc) is 3.27. The SMILES string of the molecule is O=C(NCc1nc(-c2ccc(Br)cc2)n[nH]1)c1cc2ccccc2o1. The first-order chi connectivity index (χ1) is 12.2. The van der Waals surface area contributed by atoms with E-state index in [1.807, 2.05) is 48.5 Å². The highest BCUT2D eigenvalue weighted by Gasteiger charge is 2.13. The normalized spacial score (nSPS) is 10.9. The monoisotopic (exact) mass is 396 g/mol. The summed E-state index contributed by atoms with van der Waals surface area (Å²) in [6, 6.07) is 16.9. The summed E-state index contributed by atoms with van der Waals surface area (Å²) in [5, 5.41) is 10.7. The minimum Gasteiger partial charge on any atom is -0.451 e. The largest absolute Gasteiger partial charge is 0.451 e. The molecule has 0 aliphatic heterocycles. The Bertz CT molecular complexity index is 1000. The number of hydrogen-bond acceptors (Lipinski definition) is 4. The van der Waals surface area contributed by atoms with Crippen molar-refractivity contribution in [2.24, 2.45) is 0 Å². The van der Waals surface area contributed by atoms with Gasteiger partial charge in [0.05, 0.1) is 6.54 Å². The molecule has 25 heavy (non-hydrogen) atoms. The van der Waals surface area contributed by atoms with Crippen molar-refractivity contribution < 1.29 is 9.21 Å². The van der Waals surface area contributed by atoms with Crippen molar-refractivity contribution in [2.45, 2.75) is 6.54 Å². The first kappa shape index (κ1) is 15.6. The van der Waals surface area contributed by atoms with Crippen LogP contribution in [-0.4, -0.2) is 21.1 Å². The summed E-state index contributed by atoms with van der Waals surface area (Å²) >= 11 is 3.39. The number of fused-ring (bicyclic) bond motifs is 1. The van der Waals surface area contributed by atoms with Crippen LogP contribution in [0.5, 0.6) is 0 Å². The summed E-state index contributed by atoms with van der Waals surface area (Å²) in [5.41, 5.74) is 1.58. The minimum atomic E-state index is -0.294. The van der Waals surface area contributed by atoms with E-state index in [2.05, 4.69) is 36.4 Å². The summed E-state index contributed by atoms with van der Waals surface area (Å²) in [6.45, 7) is 0.236. The quantitative estimate of drug-likeness (QED) is 0.547. The third-order valence-electron chi connectivity index (χ3n) is 3.70. The fourth-order valence-electron chi connectivity index (χ4n) is 2.45. The van der Waals surface area contributed by atoms with Crippen molar-refractivity contribution >= 4 is 32.8 Å². The maximum atomic E-state index is 12.2. The number of H-pyrrole nitrogens is 1. The minimum absolute atomic E-state index is 0.236. The van der Waals surface area contributed by atoms with Gasteiger partial charge in [-0.15, -0.1) is 0 Å². The van der Waals surface area contributed by atoms with E-state index in [4.69, 9.17) is 4.42 Å². The van der Waals surface area contributed by atoms with E-state index in [1.165, 1.54) is 0 Å². The van der Waals surface area contributed by atoms with Gasteiger partial charge in [-0.2, -0.15) is 5.10 Å². The standard InChI is InChI=1S/C18H13BrN4O2/c19-13-7-5-11(6-8-13)17-21-16(22-23-17)10-20-18(24)15-9-12-3-1-2-4-14(12)25-15/h1-9H,10H2,(H,20,24)(H,21,22,23). The molecule has 6 nitrogen and oxygen atoms in total. The van der Waals surface area contributed by atoms with Crippen LogP contribution in [0.25, 0.3) is 22.4 Å².